The molecule has 0 heterocycles. The Balaban J connectivity index is 2.70. The Morgan fingerprint density at radius 1 is 1.40 bits per heavy atom. The molecule has 0 spiro atoms. The molecule has 112 valence electrons. The van der Waals surface area contributed by atoms with Crippen molar-refractivity contribution >= 4 is 11.7 Å². The van der Waals surface area contributed by atoms with Crippen LogP contribution in [0.1, 0.15) is 25.8 Å². The number of rotatable bonds is 6. The maximum Gasteiger partial charge on any atom is 0.319 e. The van der Waals surface area contributed by atoms with Crippen LogP contribution in [0.25, 0.3) is 0 Å². The van der Waals surface area contributed by atoms with E-state index in [1.54, 1.807) is 13.2 Å². The minimum atomic E-state index is -0.270. The van der Waals surface area contributed by atoms with Gasteiger partial charge in [-0.15, -0.1) is 0 Å². The van der Waals surface area contributed by atoms with E-state index in [1.165, 1.54) is 0 Å². The van der Waals surface area contributed by atoms with Crippen LogP contribution in [0.4, 0.5) is 10.5 Å². The molecule has 20 heavy (non-hydrogen) atoms. The highest BCUT2D eigenvalue weighted by atomic mass is 16.5. The van der Waals surface area contributed by atoms with Gasteiger partial charge in [0.25, 0.3) is 0 Å². The number of carbonyl (C=O) groups is 1. The third kappa shape index (κ3) is 4.74. The molecule has 1 aromatic carbocycles. The van der Waals surface area contributed by atoms with E-state index in [1.807, 2.05) is 32.9 Å². The Morgan fingerprint density at radius 3 is 2.65 bits per heavy atom. The zero-order chi connectivity index (χ0) is 15.1. The number of aryl methyl sites for hydroxylation is 1. The summed E-state index contributed by atoms with van der Waals surface area (Å²) in [5, 5.41) is 14.7. The number of methoxy groups -OCH3 is 1. The summed E-state index contributed by atoms with van der Waals surface area (Å²) >= 11 is 0. The SMILES string of the molecule is COc1ccc(C)c(NC(=O)NC(CCO)C(C)C)c1. The summed E-state index contributed by atoms with van der Waals surface area (Å²) in [6.45, 7) is 6.00. The lowest BCUT2D eigenvalue weighted by Gasteiger charge is -2.22. The molecule has 0 radical (unpaired) electrons. The minimum absolute atomic E-state index is 0.0501. The van der Waals surface area contributed by atoms with Crippen molar-refractivity contribution in [1.29, 1.82) is 0 Å². The van der Waals surface area contributed by atoms with Gasteiger partial charge in [0.05, 0.1) is 7.11 Å². The van der Waals surface area contributed by atoms with Crippen LogP contribution < -0.4 is 15.4 Å². The molecule has 1 rings (SSSR count). The van der Waals surface area contributed by atoms with Gasteiger partial charge in [-0.2, -0.15) is 0 Å². The predicted molar refractivity (Wildman–Crippen MR) is 80.2 cm³/mol. The van der Waals surface area contributed by atoms with Crippen LogP contribution in [0.5, 0.6) is 5.75 Å². The monoisotopic (exact) mass is 280 g/mol. The van der Waals surface area contributed by atoms with Gasteiger partial charge in [-0.25, -0.2) is 4.79 Å². The summed E-state index contributed by atoms with van der Waals surface area (Å²) in [5.74, 6) is 0.959. The molecule has 0 aromatic heterocycles. The van der Waals surface area contributed by atoms with Crippen molar-refractivity contribution in [3.63, 3.8) is 0 Å². The van der Waals surface area contributed by atoms with Gasteiger partial charge in [-0.1, -0.05) is 19.9 Å². The second-order valence-corrected chi connectivity index (χ2v) is 5.14. The Labute approximate surface area is 120 Å². The second kappa shape index (κ2) is 7.75. The molecule has 1 unspecified atom stereocenters. The van der Waals surface area contributed by atoms with Crippen LogP contribution in [0.3, 0.4) is 0 Å². The summed E-state index contributed by atoms with van der Waals surface area (Å²) in [5.41, 5.74) is 1.68. The summed E-state index contributed by atoms with van der Waals surface area (Å²) < 4.78 is 5.14. The second-order valence-electron chi connectivity index (χ2n) is 5.14. The molecule has 3 N–H and O–H groups in total. The first kappa shape index (κ1) is 16.3. The molecule has 0 aliphatic carbocycles. The normalized spacial score (nSPS) is 12.1. The highest BCUT2D eigenvalue weighted by Crippen LogP contribution is 2.21. The van der Waals surface area contributed by atoms with Crippen LogP contribution >= 0.6 is 0 Å². The van der Waals surface area contributed by atoms with Crippen LogP contribution in [0, 0.1) is 12.8 Å². The molecule has 0 saturated heterocycles. The largest absolute Gasteiger partial charge is 0.497 e. The molecule has 1 aromatic rings. The molecule has 5 nitrogen and oxygen atoms in total. The van der Waals surface area contributed by atoms with Crippen molar-refractivity contribution in [1.82, 2.24) is 5.32 Å². The fourth-order valence-electron chi connectivity index (χ4n) is 1.90. The first-order valence-electron chi connectivity index (χ1n) is 6.81. The lowest BCUT2D eigenvalue weighted by atomic mass is 10.0. The Hall–Kier alpha value is -1.75. The third-order valence-electron chi connectivity index (χ3n) is 3.25. The number of amides is 2. The highest BCUT2D eigenvalue weighted by molar-refractivity contribution is 5.90. The number of ether oxygens (including phenoxy) is 1. The number of urea groups is 1. The number of hydrogen-bond donors (Lipinski definition) is 3. The van der Waals surface area contributed by atoms with Gasteiger partial charge in [0, 0.05) is 24.4 Å². The molecule has 0 fully saturated rings. The van der Waals surface area contributed by atoms with E-state index in [9.17, 15) is 4.79 Å². The predicted octanol–water partition coefficient (Wildman–Crippen LogP) is 2.53. The van der Waals surface area contributed by atoms with Crippen LogP contribution in [-0.2, 0) is 0 Å². The molecular weight excluding hydrogens is 256 g/mol. The zero-order valence-electron chi connectivity index (χ0n) is 12.6. The first-order valence-corrected chi connectivity index (χ1v) is 6.81. The van der Waals surface area contributed by atoms with Gasteiger partial charge >= 0.3 is 6.03 Å². The fourth-order valence-corrected chi connectivity index (χ4v) is 1.90. The Morgan fingerprint density at radius 2 is 2.10 bits per heavy atom. The molecule has 1 atom stereocenters. The average molecular weight is 280 g/mol. The molecule has 0 aliphatic heterocycles. The average Bonchev–Trinajstić information content (AvgIpc) is 2.40. The van der Waals surface area contributed by atoms with E-state index in [2.05, 4.69) is 10.6 Å². The van der Waals surface area contributed by atoms with Gasteiger partial charge < -0.3 is 20.5 Å². The Bertz CT molecular complexity index is 447. The summed E-state index contributed by atoms with van der Waals surface area (Å²) in [7, 11) is 1.59. The highest BCUT2D eigenvalue weighted by Gasteiger charge is 2.16. The smallest absolute Gasteiger partial charge is 0.319 e. The quantitative estimate of drug-likeness (QED) is 0.750. The van der Waals surface area contributed by atoms with Crippen LogP contribution in [0.15, 0.2) is 18.2 Å². The number of nitrogens with one attached hydrogen (secondary N) is 2. The summed E-state index contributed by atoms with van der Waals surface area (Å²) in [6, 6.07) is 5.20. The van der Waals surface area contributed by atoms with Crippen molar-refractivity contribution < 1.29 is 14.6 Å². The van der Waals surface area contributed by atoms with Crippen molar-refractivity contribution in [2.24, 2.45) is 5.92 Å². The number of carbonyl (C=O) groups excluding carboxylic acids is 1. The third-order valence-corrected chi connectivity index (χ3v) is 3.25. The standard InChI is InChI=1S/C15H24N2O3/c1-10(2)13(7-8-18)16-15(19)17-14-9-12(20-4)6-5-11(14)3/h5-6,9-10,13,18H,7-8H2,1-4H3,(H2,16,17,19). The summed E-state index contributed by atoms with van der Waals surface area (Å²) in [4.78, 5) is 12.0. The molecule has 0 bridgehead atoms. The number of benzene rings is 1. The lowest BCUT2D eigenvalue weighted by Crippen LogP contribution is -2.41. The molecule has 0 saturated carbocycles. The van der Waals surface area contributed by atoms with E-state index < -0.39 is 0 Å². The number of aliphatic hydroxyl groups is 1. The van der Waals surface area contributed by atoms with Crippen molar-refractivity contribution in [3.05, 3.63) is 23.8 Å². The van der Waals surface area contributed by atoms with Gasteiger partial charge in [0.15, 0.2) is 0 Å². The minimum Gasteiger partial charge on any atom is -0.497 e. The van der Waals surface area contributed by atoms with Gasteiger partial charge in [0.1, 0.15) is 5.75 Å². The molecular formula is C15H24N2O3. The maximum atomic E-state index is 12.0. The van der Waals surface area contributed by atoms with Crippen molar-refractivity contribution in [2.75, 3.05) is 19.0 Å². The van der Waals surface area contributed by atoms with Crippen molar-refractivity contribution in [2.45, 2.75) is 33.2 Å². The zero-order valence-corrected chi connectivity index (χ0v) is 12.6. The van der Waals surface area contributed by atoms with E-state index >= 15 is 0 Å². The van der Waals surface area contributed by atoms with Gasteiger partial charge in [-0.05, 0) is 30.9 Å². The van der Waals surface area contributed by atoms with Crippen molar-refractivity contribution in [3.8, 4) is 5.75 Å². The van der Waals surface area contributed by atoms with E-state index in [0.717, 1.165) is 5.56 Å². The first-order chi connectivity index (χ1) is 9.47. The topological polar surface area (TPSA) is 70.6 Å². The Kier molecular flexibility index (Phi) is 6.31. The van der Waals surface area contributed by atoms with Gasteiger partial charge in [-0.3, -0.25) is 0 Å². The molecule has 2 amide bonds. The number of anilines is 1. The van der Waals surface area contributed by atoms with E-state index in [-0.39, 0.29) is 24.6 Å². The summed E-state index contributed by atoms with van der Waals surface area (Å²) in [6.07, 6.45) is 0.544. The molecule has 5 heteroatoms. The number of aliphatic hydroxyl groups excluding tert-OH is 1. The lowest BCUT2D eigenvalue weighted by molar-refractivity contribution is 0.227. The molecule has 0 aliphatic rings. The fraction of sp³-hybridized carbons (Fsp3) is 0.533. The van der Waals surface area contributed by atoms with E-state index in [0.29, 0.717) is 17.9 Å². The maximum absolute atomic E-state index is 12.0. The van der Waals surface area contributed by atoms with E-state index in [4.69, 9.17) is 9.84 Å². The number of hydrogen-bond acceptors (Lipinski definition) is 3. The van der Waals surface area contributed by atoms with Gasteiger partial charge in [0.2, 0.25) is 0 Å². The van der Waals surface area contributed by atoms with Crippen LogP contribution in [-0.4, -0.2) is 30.9 Å². The van der Waals surface area contributed by atoms with Crippen LogP contribution in [0.2, 0.25) is 0 Å².